The lowest BCUT2D eigenvalue weighted by Crippen LogP contribution is -2.45. The maximum atomic E-state index is 13.0. The molecule has 104 valence electrons. The average molecular weight is 268 g/mol. The summed E-state index contributed by atoms with van der Waals surface area (Å²) < 4.78 is 23.7. The Morgan fingerprint density at radius 3 is 3.00 bits per heavy atom. The van der Waals surface area contributed by atoms with E-state index in [1.54, 1.807) is 7.11 Å². The fourth-order valence-electron chi connectivity index (χ4n) is 1.99. The maximum Gasteiger partial charge on any atom is 0.251 e. The number of hydrogen-bond acceptors (Lipinski definition) is 4. The highest BCUT2D eigenvalue weighted by molar-refractivity contribution is 5.95. The van der Waals surface area contributed by atoms with Crippen molar-refractivity contribution in [3.05, 3.63) is 29.6 Å². The summed E-state index contributed by atoms with van der Waals surface area (Å²) in [5.74, 6) is -0.843. The van der Waals surface area contributed by atoms with Gasteiger partial charge >= 0.3 is 0 Å². The van der Waals surface area contributed by atoms with Crippen LogP contribution in [-0.2, 0) is 9.47 Å². The summed E-state index contributed by atoms with van der Waals surface area (Å²) in [5, 5.41) is 2.76. The maximum absolute atomic E-state index is 13.0. The Morgan fingerprint density at radius 1 is 1.63 bits per heavy atom. The number of nitrogen functional groups attached to an aromatic ring is 1. The van der Waals surface area contributed by atoms with E-state index in [4.69, 9.17) is 15.2 Å². The molecule has 3 N–H and O–H groups in total. The quantitative estimate of drug-likeness (QED) is 0.797. The normalized spacial score (nSPS) is 22.4. The molecule has 1 amide bonds. The molecule has 1 aliphatic rings. The predicted molar refractivity (Wildman–Crippen MR) is 68.3 cm³/mol. The van der Waals surface area contributed by atoms with Crippen LogP contribution in [0.2, 0.25) is 0 Å². The summed E-state index contributed by atoms with van der Waals surface area (Å²) >= 11 is 0. The molecule has 1 saturated heterocycles. The lowest BCUT2D eigenvalue weighted by atomic mass is 10.0. The van der Waals surface area contributed by atoms with Gasteiger partial charge < -0.3 is 20.5 Å². The number of rotatable bonds is 4. The second-order valence-corrected chi connectivity index (χ2v) is 4.61. The zero-order chi connectivity index (χ0) is 13.9. The topological polar surface area (TPSA) is 73.6 Å². The Morgan fingerprint density at radius 2 is 2.42 bits per heavy atom. The lowest BCUT2D eigenvalue weighted by molar-refractivity contribution is -0.0148. The number of benzene rings is 1. The number of halogens is 1. The molecule has 1 fully saturated rings. The van der Waals surface area contributed by atoms with Crippen molar-refractivity contribution in [1.29, 1.82) is 0 Å². The summed E-state index contributed by atoms with van der Waals surface area (Å²) in [4.78, 5) is 11.9. The van der Waals surface area contributed by atoms with Gasteiger partial charge in [0.2, 0.25) is 0 Å². The first-order chi connectivity index (χ1) is 9.06. The highest BCUT2D eigenvalue weighted by Crippen LogP contribution is 2.21. The van der Waals surface area contributed by atoms with Crippen molar-refractivity contribution >= 4 is 11.6 Å². The molecule has 1 aromatic carbocycles. The molecule has 0 bridgehead atoms. The Balaban J connectivity index is 1.99. The molecule has 19 heavy (non-hydrogen) atoms. The van der Waals surface area contributed by atoms with E-state index in [1.807, 2.05) is 0 Å². The molecule has 5 nitrogen and oxygen atoms in total. The first-order valence-corrected chi connectivity index (χ1v) is 6.02. The van der Waals surface area contributed by atoms with Gasteiger partial charge in [-0.3, -0.25) is 4.79 Å². The van der Waals surface area contributed by atoms with Crippen LogP contribution in [0.4, 0.5) is 10.1 Å². The van der Waals surface area contributed by atoms with Crippen molar-refractivity contribution in [3.63, 3.8) is 0 Å². The van der Waals surface area contributed by atoms with E-state index in [0.717, 1.165) is 6.42 Å². The van der Waals surface area contributed by atoms with E-state index in [9.17, 15) is 9.18 Å². The zero-order valence-electron chi connectivity index (χ0n) is 10.7. The van der Waals surface area contributed by atoms with Gasteiger partial charge in [0.25, 0.3) is 5.91 Å². The molecule has 1 aliphatic heterocycles. The van der Waals surface area contributed by atoms with E-state index in [0.29, 0.717) is 25.3 Å². The molecule has 1 unspecified atom stereocenters. The summed E-state index contributed by atoms with van der Waals surface area (Å²) in [6.45, 7) is 1.42. The number of nitrogens with one attached hydrogen (secondary N) is 1. The van der Waals surface area contributed by atoms with Gasteiger partial charge in [0.1, 0.15) is 11.4 Å². The van der Waals surface area contributed by atoms with Gasteiger partial charge in [-0.15, -0.1) is 0 Å². The van der Waals surface area contributed by atoms with Crippen molar-refractivity contribution in [2.75, 3.05) is 32.6 Å². The minimum absolute atomic E-state index is 0.0432. The van der Waals surface area contributed by atoms with Crippen molar-refractivity contribution in [2.45, 2.75) is 12.0 Å². The molecule has 1 atom stereocenters. The Kier molecular flexibility index (Phi) is 4.01. The van der Waals surface area contributed by atoms with E-state index in [-0.39, 0.29) is 11.6 Å². The third kappa shape index (κ3) is 3.02. The van der Waals surface area contributed by atoms with Crippen LogP contribution in [0, 0.1) is 5.82 Å². The van der Waals surface area contributed by atoms with E-state index in [2.05, 4.69) is 5.32 Å². The number of methoxy groups -OCH3 is 1. The summed E-state index contributed by atoms with van der Waals surface area (Å²) in [7, 11) is 1.59. The largest absolute Gasteiger partial charge is 0.396 e. The minimum atomic E-state index is -0.533. The third-order valence-corrected chi connectivity index (χ3v) is 3.33. The predicted octanol–water partition coefficient (Wildman–Crippen LogP) is 0.943. The highest BCUT2D eigenvalue weighted by Gasteiger charge is 2.35. The summed E-state index contributed by atoms with van der Waals surface area (Å²) in [6, 6.07) is 3.88. The molecule has 1 aromatic rings. The van der Waals surface area contributed by atoms with Crippen molar-refractivity contribution in [2.24, 2.45) is 0 Å². The second-order valence-electron chi connectivity index (χ2n) is 4.61. The second kappa shape index (κ2) is 5.54. The fraction of sp³-hybridized carbons (Fsp3) is 0.462. The van der Waals surface area contributed by atoms with Crippen LogP contribution in [0.5, 0.6) is 0 Å². The van der Waals surface area contributed by atoms with Gasteiger partial charge in [0, 0.05) is 32.2 Å². The molecule has 0 aliphatic carbocycles. The SMILES string of the molecule is COC1(CNC(=O)c2ccc(F)c(N)c2)CCOC1. The lowest BCUT2D eigenvalue weighted by Gasteiger charge is -2.25. The summed E-state index contributed by atoms with van der Waals surface area (Å²) in [5.41, 5.74) is 5.24. The van der Waals surface area contributed by atoms with Gasteiger partial charge in [-0.2, -0.15) is 0 Å². The first-order valence-electron chi connectivity index (χ1n) is 6.02. The Labute approximate surface area is 110 Å². The molecule has 2 rings (SSSR count). The Hall–Kier alpha value is -1.66. The number of carbonyl (C=O) groups excluding carboxylic acids is 1. The number of amides is 1. The van der Waals surface area contributed by atoms with Crippen molar-refractivity contribution in [1.82, 2.24) is 5.32 Å². The first kappa shape index (κ1) is 13.8. The molecule has 0 spiro atoms. The van der Waals surface area contributed by atoms with Gasteiger partial charge in [-0.1, -0.05) is 0 Å². The molecule has 1 heterocycles. The number of ether oxygens (including phenoxy) is 2. The van der Waals surface area contributed by atoms with Crippen LogP contribution in [-0.4, -0.2) is 38.4 Å². The van der Waals surface area contributed by atoms with Crippen LogP contribution < -0.4 is 11.1 Å². The molecule has 0 radical (unpaired) electrons. The molecule has 6 heteroatoms. The molecular weight excluding hydrogens is 251 g/mol. The van der Waals surface area contributed by atoms with Crippen LogP contribution in [0.25, 0.3) is 0 Å². The fourth-order valence-corrected chi connectivity index (χ4v) is 1.99. The van der Waals surface area contributed by atoms with Crippen LogP contribution in [0.15, 0.2) is 18.2 Å². The monoisotopic (exact) mass is 268 g/mol. The minimum Gasteiger partial charge on any atom is -0.396 e. The summed E-state index contributed by atoms with van der Waals surface area (Å²) in [6.07, 6.45) is 0.731. The number of carbonyl (C=O) groups is 1. The van der Waals surface area contributed by atoms with Gasteiger partial charge in [-0.05, 0) is 18.2 Å². The number of anilines is 1. The number of hydrogen-bond donors (Lipinski definition) is 2. The average Bonchev–Trinajstić information content (AvgIpc) is 2.89. The third-order valence-electron chi connectivity index (χ3n) is 3.33. The van der Waals surface area contributed by atoms with E-state index in [1.165, 1.54) is 18.2 Å². The van der Waals surface area contributed by atoms with E-state index < -0.39 is 11.4 Å². The van der Waals surface area contributed by atoms with E-state index >= 15 is 0 Å². The van der Waals surface area contributed by atoms with Gasteiger partial charge in [-0.25, -0.2) is 4.39 Å². The van der Waals surface area contributed by atoms with Crippen LogP contribution >= 0.6 is 0 Å². The highest BCUT2D eigenvalue weighted by atomic mass is 19.1. The van der Waals surface area contributed by atoms with Gasteiger partial charge in [0.15, 0.2) is 0 Å². The molecular formula is C13H17FN2O3. The van der Waals surface area contributed by atoms with Gasteiger partial charge in [0.05, 0.1) is 12.3 Å². The van der Waals surface area contributed by atoms with Crippen LogP contribution in [0.1, 0.15) is 16.8 Å². The molecule has 0 saturated carbocycles. The Bertz CT molecular complexity index is 473. The number of nitrogens with two attached hydrogens (primary N) is 1. The van der Waals surface area contributed by atoms with Crippen molar-refractivity contribution in [3.8, 4) is 0 Å². The standard InChI is InChI=1S/C13H17FN2O3/c1-18-13(4-5-19-8-13)7-16-12(17)9-2-3-10(14)11(15)6-9/h2-3,6H,4-5,7-8,15H2,1H3,(H,16,17). The smallest absolute Gasteiger partial charge is 0.251 e. The van der Waals surface area contributed by atoms with Crippen LogP contribution in [0.3, 0.4) is 0 Å². The molecule has 0 aromatic heterocycles. The zero-order valence-corrected chi connectivity index (χ0v) is 10.7. The van der Waals surface area contributed by atoms with Crippen molar-refractivity contribution < 1.29 is 18.7 Å².